The number of aryl methyl sites for hydroxylation is 2. The lowest BCUT2D eigenvalue weighted by molar-refractivity contribution is 0.618. The zero-order chi connectivity index (χ0) is 12.0. The van der Waals surface area contributed by atoms with Crippen molar-refractivity contribution in [1.29, 1.82) is 0 Å². The number of aromatic nitrogens is 2. The molecule has 0 saturated carbocycles. The Morgan fingerprint density at radius 1 is 1.35 bits per heavy atom. The summed E-state index contributed by atoms with van der Waals surface area (Å²) in [5.74, 6) is 0.756. The first-order valence-electron chi connectivity index (χ1n) is 5.44. The van der Waals surface area contributed by atoms with Gasteiger partial charge in [0.2, 0.25) is 0 Å². The molecule has 2 heterocycles. The van der Waals surface area contributed by atoms with E-state index in [1.54, 1.807) is 10.9 Å². The van der Waals surface area contributed by atoms with E-state index in [9.17, 15) is 0 Å². The first-order valence-corrected chi connectivity index (χ1v) is 5.44. The van der Waals surface area contributed by atoms with Crippen molar-refractivity contribution >= 4 is 16.7 Å². The van der Waals surface area contributed by atoms with Crippen LogP contribution in [0.15, 0.2) is 34.9 Å². The van der Waals surface area contributed by atoms with Gasteiger partial charge in [0.1, 0.15) is 11.3 Å². The molecule has 86 valence electrons. The van der Waals surface area contributed by atoms with Gasteiger partial charge in [-0.1, -0.05) is 12.1 Å². The van der Waals surface area contributed by atoms with Crippen molar-refractivity contribution in [2.75, 3.05) is 5.73 Å². The number of fused-ring (bicyclic) bond motifs is 1. The van der Waals surface area contributed by atoms with Crippen molar-refractivity contribution in [3.63, 3.8) is 0 Å². The van der Waals surface area contributed by atoms with Gasteiger partial charge in [-0.05, 0) is 24.6 Å². The minimum absolute atomic E-state index is 0.629. The van der Waals surface area contributed by atoms with Crippen molar-refractivity contribution < 1.29 is 4.42 Å². The molecular formula is C13H13N3O. The Morgan fingerprint density at radius 3 is 2.82 bits per heavy atom. The molecule has 0 fully saturated rings. The Labute approximate surface area is 98.6 Å². The van der Waals surface area contributed by atoms with E-state index >= 15 is 0 Å². The summed E-state index contributed by atoms with van der Waals surface area (Å²) in [6, 6.07) is 8.02. The van der Waals surface area contributed by atoms with Crippen molar-refractivity contribution in [2.45, 2.75) is 6.92 Å². The molecule has 3 aromatic rings. The fourth-order valence-corrected chi connectivity index (χ4v) is 2.08. The van der Waals surface area contributed by atoms with Crippen LogP contribution in [0.25, 0.3) is 22.4 Å². The summed E-state index contributed by atoms with van der Waals surface area (Å²) in [6.07, 6.45) is 1.63. The summed E-state index contributed by atoms with van der Waals surface area (Å²) in [5.41, 5.74) is 9.41. The summed E-state index contributed by atoms with van der Waals surface area (Å²) in [6.45, 7) is 2.06. The van der Waals surface area contributed by atoms with Gasteiger partial charge in [-0.25, -0.2) is 0 Å². The Bertz CT molecular complexity index is 674. The van der Waals surface area contributed by atoms with Gasteiger partial charge in [0.05, 0.1) is 11.9 Å². The molecule has 0 aliphatic heterocycles. The molecule has 0 amide bonds. The first kappa shape index (κ1) is 9.96. The highest BCUT2D eigenvalue weighted by Crippen LogP contribution is 2.32. The largest absolute Gasteiger partial charge is 0.454 e. The van der Waals surface area contributed by atoms with Crippen LogP contribution in [-0.2, 0) is 7.05 Å². The predicted octanol–water partition coefficient (Wildman–Crippen LogP) is 2.72. The highest BCUT2D eigenvalue weighted by atomic mass is 16.3. The van der Waals surface area contributed by atoms with Crippen LogP contribution < -0.4 is 5.73 Å². The fraction of sp³-hybridized carbons (Fsp3) is 0.154. The second-order valence-corrected chi connectivity index (χ2v) is 4.17. The highest BCUT2D eigenvalue weighted by Gasteiger charge is 2.14. The third-order valence-electron chi connectivity index (χ3n) is 2.98. The van der Waals surface area contributed by atoms with Gasteiger partial charge in [0.15, 0.2) is 5.76 Å². The monoisotopic (exact) mass is 227 g/mol. The maximum atomic E-state index is 5.89. The zero-order valence-electron chi connectivity index (χ0n) is 9.77. The lowest BCUT2D eigenvalue weighted by Gasteiger charge is -1.98. The molecule has 0 atom stereocenters. The fourth-order valence-electron chi connectivity index (χ4n) is 2.08. The Kier molecular flexibility index (Phi) is 1.98. The average Bonchev–Trinajstić information content (AvgIpc) is 2.84. The summed E-state index contributed by atoms with van der Waals surface area (Å²) in [4.78, 5) is 0. The minimum Gasteiger partial charge on any atom is -0.454 e. The Morgan fingerprint density at radius 2 is 2.18 bits per heavy atom. The van der Waals surface area contributed by atoms with Gasteiger partial charge in [0, 0.05) is 12.4 Å². The van der Waals surface area contributed by atoms with E-state index in [0.29, 0.717) is 5.69 Å². The van der Waals surface area contributed by atoms with E-state index in [1.807, 2.05) is 25.2 Å². The maximum absolute atomic E-state index is 5.89. The van der Waals surface area contributed by atoms with E-state index in [4.69, 9.17) is 10.2 Å². The van der Waals surface area contributed by atoms with E-state index in [1.165, 1.54) is 5.56 Å². The van der Waals surface area contributed by atoms with Crippen LogP contribution in [0.3, 0.4) is 0 Å². The van der Waals surface area contributed by atoms with Gasteiger partial charge < -0.3 is 10.2 Å². The van der Waals surface area contributed by atoms with Crippen molar-refractivity contribution in [1.82, 2.24) is 9.78 Å². The molecule has 3 rings (SSSR count). The van der Waals surface area contributed by atoms with Crippen LogP contribution in [-0.4, -0.2) is 9.78 Å². The number of benzene rings is 1. The average molecular weight is 227 g/mol. The molecule has 0 aliphatic carbocycles. The molecule has 0 unspecified atom stereocenters. The Hall–Kier alpha value is -2.23. The summed E-state index contributed by atoms with van der Waals surface area (Å²) in [7, 11) is 1.85. The summed E-state index contributed by atoms with van der Waals surface area (Å²) in [5, 5.41) is 5.23. The van der Waals surface area contributed by atoms with Crippen LogP contribution in [0, 0.1) is 6.92 Å². The van der Waals surface area contributed by atoms with Gasteiger partial charge in [-0.2, -0.15) is 5.10 Å². The zero-order valence-corrected chi connectivity index (χ0v) is 9.77. The SMILES string of the molecule is Cc1cccc2oc(-c3c(N)cnn3C)cc12. The number of rotatable bonds is 1. The van der Waals surface area contributed by atoms with Crippen LogP contribution >= 0.6 is 0 Å². The number of hydrogen-bond donors (Lipinski definition) is 1. The smallest absolute Gasteiger partial charge is 0.155 e. The van der Waals surface area contributed by atoms with Gasteiger partial charge in [0.25, 0.3) is 0 Å². The number of anilines is 1. The van der Waals surface area contributed by atoms with Crippen LogP contribution in [0.1, 0.15) is 5.56 Å². The molecule has 0 bridgehead atoms. The van der Waals surface area contributed by atoms with E-state index in [-0.39, 0.29) is 0 Å². The van der Waals surface area contributed by atoms with Gasteiger partial charge >= 0.3 is 0 Å². The molecule has 0 aliphatic rings. The normalized spacial score (nSPS) is 11.2. The van der Waals surface area contributed by atoms with E-state index in [0.717, 1.165) is 22.4 Å². The molecule has 2 N–H and O–H groups in total. The highest BCUT2D eigenvalue weighted by molar-refractivity contribution is 5.86. The quantitative estimate of drug-likeness (QED) is 0.695. The Balaban J connectivity index is 2.29. The summed E-state index contributed by atoms with van der Waals surface area (Å²) < 4.78 is 7.54. The van der Waals surface area contributed by atoms with Gasteiger partial charge in [-0.3, -0.25) is 4.68 Å². The van der Waals surface area contributed by atoms with E-state index in [2.05, 4.69) is 18.1 Å². The summed E-state index contributed by atoms with van der Waals surface area (Å²) >= 11 is 0. The molecule has 4 heteroatoms. The molecule has 2 aromatic heterocycles. The lowest BCUT2D eigenvalue weighted by Crippen LogP contribution is -1.94. The number of nitrogen functional groups attached to an aromatic ring is 1. The maximum Gasteiger partial charge on any atom is 0.155 e. The van der Waals surface area contributed by atoms with Crippen molar-refractivity contribution in [3.05, 3.63) is 36.0 Å². The molecule has 0 radical (unpaired) electrons. The van der Waals surface area contributed by atoms with Crippen LogP contribution in [0.2, 0.25) is 0 Å². The van der Waals surface area contributed by atoms with Crippen LogP contribution in [0.5, 0.6) is 0 Å². The van der Waals surface area contributed by atoms with Crippen molar-refractivity contribution in [3.8, 4) is 11.5 Å². The first-order chi connectivity index (χ1) is 8.16. The number of hydrogen-bond acceptors (Lipinski definition) is 3. The topological polar surface area (TPSA) is 57.0 Å². The molecule has 0 saturated heterocycles. The number of nitrogens with two attached hydrogens (primary N) is 1. The third-order valence-corrected chi connectivity index (χ3v) is 2.98. The minimum atomic E-state index is 0.629. The second-order valence-electron chi connectivity index (χ2n) is 4.17. The number of furan rings is 1. The molecule has 4 nitrogen and oxygen atoms in total. The molecule has 1 aromatic carbocycles. The van der Waals surface area contributed by atoms with Crippen LogP contribution in [0.4, 0.5) is 5.69 Å². The van der Waals surface area contributed by atoms with E-state index < -0.39 is 0 Å². The number of nitrogens with zero attached hydrogens (tertiary/aromatic N) is 2. The standard InChI is InChI=1S/C13H13N3O/c1-8-4-3-5-11-9(8)6-12(17-11)13-10(14)7-15-16(13)2/h3-7H,14H2,1-2H3. The third kappa shape index (κ3) is 1.41. The lowest BCUT2D eigenvalue weighted by atomic mass is 10.1. The van der Waals surface area contributed by atoms with Crippen molar-refractivity contribution in [2.24, 2.45) is 7.05 Å². The molecule has 17 heavy (non-hydrogen) atoms. The van der Waals surface area contributed by atoms with Gasteiger partial charge in [-0.15, -0.1) is 0 Å². The predicted molar refractivity (Wildman–Crippen MR) is 67.6 cm³/mol. The molecule has 0 spiro atoms. The molecular weight excluding hydrogens is 214 g/mol. The second kappa shape index (κ2) is 3.38.